The molecule has 0 fully saturated rings. The van der Waals surface area contributed by atoms with E-state index in [0.29, 0.717) is 4.32 Å². The molecule has 0 N–H and O–H groups in total. The highest BCUT2D eigenvalue weighted by molar-refractivity contribution is 8.10. The molecular formula is C9H18NS2. The van der Waals surface area contributed by atoms with E-state index in [2.05, 4.69) is 18.7 Å². The zero-order valence-electron chi connectivity index (χ0n) is 8.01. The molecule has 0 aliphatic carbocycles. The maximum atomic E-state index is 4.98. The molecule has 0 aliphatic rings. The fourth-order valence-corrected chi connectivity index (χ4v) is 1.36. The molecule has 3 heteroatoms. The second kappa shape index (κ2) is 7.74. The van der Waals surface area contributed by atoms with Crippen LogP contribution in [0.3, 0.4) is 0 Å². The lowest BCUT2D eigenvalue weighted by Gasteiger charge is -2.21. The van der Waals surface area contributed by atoms with Gasteiger partial charge in [-0.25, -0.2) is 0 Å². The summed E-state index contributed by atoms with van der Waals surface area (Å²) in [6.45, 7) is 6.45. The first-order valence-electron chi connectivity index (χ1n) is 4.68. The van der Waals surface area contributed by atoms with Crippen LogP contribution in [-0.2, 0) is 0 Å². The van der Waals surface area contributed by atoms with Crippen LogP contribution in [0.25, 0.3) is 0 Å². The SMILES string of the molecule is CCCCN(CCCC)C([S])=S. The monoisotopic (exact) mass is 204 g/mol. The van der Waals surface area contributed by atoms with E-state index in [9.17, 15) is 0 Å². The van der Waals surface area contributed by atoms with Crippen LogP contribution in [-0.4, -0.2) is 22.3 Å². The van der Waals surface area contributed by atoms with Gasteiger partial charge in [-0.15, -0.1) is 0 Å². The first-order valence-corrected chi connectivity index (χ1v) is 5.50. The Balaban J connectivity index is 3.62. The van der Waals surface area contributed by atoms with E-state index < -0.39 is 0 Å². The number of hydrogen-bond acceptors (Lipinski definition) is 1. The molecule has 1 nitrogen and oxygen atoms in total. The van der Waals surface area contributed by atoms with Crippen LogP contribution in [0, 0.1) is 0 Å². The summed E-state index contributed by atoms with van der Waals surface area (Å²) in [6.07, 6.45) is 4.81. The van der Waals surface area contributed by atoms with Gasteiger partial charge in [0.05, 0.1) is 0 Å². The quantitative estimate of drug-likeness (QED) is 0.610. The molecule has 0 rings (SSSR count). The highest BCUT2D eigenvalue weighted by atomic mass is 32.1. The summed E-state index contributed by atoms with van der Waals surface area (Å²) in [5, 5.41) is 0. The third-order valence-corrected chi connectivity index (χ3v) is 2.34. The van der Waals surface area contributed by atoms with Crippen LogP contribution in [0.4, 0.5) is 0 Å². The Morgan fingerprint density at radius 3 is 1.75 bits per heavy atom. The predicted octanol–water partition coefficient (Wildman–Crippen LogP) is 3.37. The molecular weight excluding hydrogens is 186 g/mol. The zero-order valence-corrected chi connectivity index (χ0v) is 9.64. The molecule has 71 valence electrons. The van der Waals surface area contributed by atoms with Crippen LogP contribution < -0.4 is 0 Å². The van der Waals surface area contributed by atoms with E-state index in [1.807, 2.05) is 0 Å². The van der Waals surface area contributed by atoms with Crippen molar-refractivity contribution in [3.63, 3.8) is 0 Å². The highest BCUT2D eigenvalue weighted by Crippen LogP contribution is 2.02. The van der Waals surface area contributed by atoms with Crippen LogP contribution in [0.2, 0.25) is 0 Å². The van der Waals surface area contributed by atoms with E-state index in [1.54, 1.807) is 0 Å². The number of nitrogens with zero attached hydrogens (tertiary/aromatic N) is 1. The minimum atomic E-state index is 0.636. The molecule has 0 aliphatic heterocycles. The Hall–Kier alpha value is 0.110. The van der Waals surface area contributed by atoms with Gasteiger partial charge in [0.25, 0.3) is 0 Å². The van der Waals surface area contributed by atoms with Gasteiger partial charge in [-0.3, -0.25) is 0 Å². The van der Waals surface area contributed by atoms with Crippen LogP contribution in [0.1, 0.15) is 39.5 Å². The fraction of sp³-hybridized carbons (Fsp3) is 0.889. The largest absolute Gasteiger partial charge is 0.354 e. The van der Waals surface area contributed by atoms with Crippen LogP contribution >= 0.6 is 24.8 Å². The molecule has 0 bridgehead atoms. The van der Waals surface area contributed by atoms with Gasteiger partial charge in [0, 0.05) is 13.1 Å². The Morgan fingerprint density at radius 2 is 1.50 bits per heavy atom. The summed E-state index contributed by atoms with van der Waals surface area (Å²) < 4.78 is 0.636. The molecule has 0 atom stereocenters. The van der Waals surface area contributed by atoms with E-state index >= 15 is 0 Å². The van der Waals surface area contributed by atoms with Crippen molar-refractivity contribution in [2.45, 2.75) is 39.5 Å². The van der Waals surface area contributed by atoms with Gasteiger partial charge in [-0.1, -0.05) is 26.7 Å². The summed E-state index contributed by atoms with van der Waals surface area (Å²) in [4.78, 5) is 2.14. The first kappa shape index (κ1) is 12.1. The normalized spacial score (nSPS) is 9.83. The molecule has 0 unspecified atom stereocenters. The van der Waals surface area contributed by atoms with Crippen molar-refractivity contribution >= 4 is 29.2 Å². The summed E-state index contributed by atoms with van der Waals surface area (Å²) >= 11 is 9.97. The van der Waals surface area contributed by atoms with Crippen molar-refractivity contribution in [1.29, 1.82) is 0 Å². The summed E-state index contributed by atoms with van der Waals surface area (Å²) in [6, 6.07) is 0. The van der Waals surface area contributed by atoms with Crippen molar-refractivity contribution in [2.75, 3.05) is 13.1 Å². The van der Waals surface area contributed by atoms with Gasteiger partial charge in [0.1, 0.15) is 0 Å². The van der Waals surface area contributed by atoms with Gasteiger partial charge in [-0.2, -0.15) is 0 Å². The molecule has 1 radical (unpaired) electrons. The molecule has 0 aromatic carbocycles. The Morgan fingerprint density at radius 1 is 1.08 bits per heavy atom. The van der Waals surface area contributed by atoms with Gasteiger partial charge in [0.2, 0.25) is 0 Å². The molecule has 0 spiro atoms. The molecule has 0 heterocycles. The minimum Gasteiger partial charge on any atom is -0.354 e. The fourth-order valence-electron chi connectivity index (χ4n) is 0.992. The second-order valence-corrected chi connectivity index (χ2v) is 3.99. The third kappa shape index (κ3) is 5.72. The van der Waals surface area contributed by atoms with Crippen LogP contribution in [0.5, 0.6) is 0 Å². The smallest absolute Gasteiger partial charge is 0.166 e. The van der Waals surface area contributed by atoms with Crippen molar-refractivity contribution in [3.8, 4) is 0 Å². The lowest BCUT2D eigenvalue weighted by Crippen LogP contribution is -2.28. The lowest BCUT2D eigenvalue weighted by atomic mass is 10.3. The molecule has 0 aromatic heterocycles. The van der Waals surface area contributed by atoms with Gasteiger partial charge < -0.3 is 4.90 Å². The number of hydrogen-bond donors (Lipinski definition) is 0. The van der Waals surface area contributed by atoms with Gasteiger partial charge >= 0.3 is 0 Å². The van der Waals surface area contributed by atoms with Crippen molar-refractivity contribution in [2.24, 2.45) is 0 Å². The Kier molecular flexibility index (Phi) is 7.81. The van der Waals surface area contributed by atoms with Crippen LogP contribution in [0.15, 0.2) is 0 Å². The van der Waals surface area contributed by atoms with Crippen molar-refractivity contribution in [1.82, 2.24) is 4.90 Å². The number of thiocarbonyl (C=S) groups is 1. The molecule has 12 heavy (non-hydrogen) atoms. The predicted molar refractivity (Wildman–Crippen MR) is 61.6 cm³/mol. The van der Waals surface area contributed by atoms with Crippen molar-refractivity contribution in [3.05, 3.63) is 0 Å². The lowest BCUT2D eigenvalue weighted by molar-refractivity contribution is 0.411. The number of unbranched alkanes of at least 4 members (excludes halogenated alkanes) is 2. The van der Waals surface area contributed by atoms with Gasteiger partial charge in [-0.05, 0) is 37.7 Å². The summed E-state index contributed by atoms with van der Waals surface area (Å²) in [7, 11) is 0. The Bertz CT molecular complexity index is 118. The van der Waals surface area contributed by atoms with Gasteiger partial charge in [0.15, 0.2) is 4.32 Å². The van der Waals surface area contributed by atoms with Crippen molar-refractivity contribution < 1.29 is 0 Å². The number of rotatable bonds is 6. The maximum Gasteiger partial charge on any atom is 0.166 e. The standard InChI is InChI=1S/C9H18NS2/c1-3-5-7-10(9(11)12)8-6-4-2/h3-8H2,1-2H3. The Labute approximate surface area is 86.9 Å². The zero-order chi connectivity index (χ0) is 9.40. The first-order chi connectivity index (χ1) is 5.72. The maximum absolute atomic E-state index is 4.98. The third-order valence-electron chi connectivity index (χ3n) is 1.82. The second-order valence-electron chi connectivity index (χ2n) is 2.96. The molecule has 0 saturated heterocycles. The molecule has 0 aromatic rings. The summed E-state index contributed by atoms with van der Waals surface area (Å²) in [5.74, 6) is 0. The molecule has 0 amide bonds. The van der Waals surface area contributed by atoms with E-state index in [1.165, 1.54) is 25.7 Å². The van der Waals surface area contributed by atoms with E-state index in [4.69, 9.17) is 24.8 Å². The van der Waals surface area contributed by atoms with E-state index in [0.717, 1.165) is 13.1 Å². The minimum absolute atomic E-state index is 0.636. The topological polar surface area (TPSA) is 3.24 Å². The summed E-state index contributed by atoms with van der Waals surface area (Å²) in [5.41, 5.74) is 0. The van der Waals surface area contributed by atoms with E-state index in [-0.39, 0.29) is 0 Å². The average Bonchev–Trinajstić information content (AvgIpc) is 2.04. The average molecular weight is 204 g/mol. The molecule has 0 saturated carbocycles. The highest BCUT2D eigenvalue weighted by Gasteiger charge is 2.04.